The number of amides is 1. The van der Waals surface area contributed by atoms with E-state index in [1.165, 1.54) is 16.7 Å². The van der Waals surface area contributed by atoms with Crippen molar-refractivity contribution in [2.24, 2.45) is 0 Å². The highest BCUT2D eigenvalue weighted by Crippen LogP contribution is 2.24. The molecule has 0 spiro atoms. The van der Waals surface area contributed by atoms with Gasteiger partial charge in [-0.2, -0.15) is 0 Å². The van der Waals surface area contributed by atoms with Gasteiger partial charge in [-0.25, -0.2) is 8.42 Å². The van der Waals surface area contributed by atoms with Crippen LogP contribution >= 0.6 is 0 Å². The topological polar surface area (TPSA) is 62.6 Å². The Morgan fingerprint density at radius 2 is 1.79 bits per heavy atom. The maximum absolute atomic E-state index is 13.3. The Balaban J connectivity index is 1.33. The van der Waals surface area contributed by atoms with Crippen molar-refractivity contribution in [3.63, 3.8) is 0 Å². The molecule has 176 valence electrons. The molecule has 1 atom stereocenters. The molecule has 5 rings (SSSR count). The summed E-state index contributed by atoms with van der Waals surface area (Å²) in [6.07, 6.45) is 5.00. The summed E-state index contributed by atoms with van der Waals surface area (Å²) < 4.78 is 26.3. The predicted octanol–water partition coefficient (Wildman–Crippen LogP) is 3.35. The van der Waals surface area contributed by atoms with Gasteiger partial charge in [-0.3, -0.25) is 4.79 Å². The second-order valence-electron chi connectivity index (χ2n) is 9.22. The minimum atomic E-state index is -3.26. The van der Waals surface area contributed by atoms with E-state index in [0.29, 0.717) is 6.54 Å². The van der Waals surface area contributed by atoms with Crippen LogP contribution in [0.4, 0.5) is 0 Å². The molecule has 0 aliphatic carbocycles. The fraction of sp³-hybridized carbons (Fsp3) is 0.296. The van der Waals surface area contributed by atoms with Gasteiger partial charge in [0.25, 0.3) is 0 Å². The number of aromatic nitrogens is 1. The van der Waals surface area contributed by atoms with Gasteiger partial charge in [-0.15, -0.1) is 0 Å². The Kier molecular flexibility index (Phi) is 6.15. The number of carbonyl (C=O) groups is 1. The molecule has 0 saturated heterocycles. The number of hydrogen-bond acceptors (Lipinski definition) is 4. The number of nitrogens with zero attached hydrogens (tertiary/aromatic N) is 3. The van der Waals surface area contributed by atoms with Crippen LogP contribution in [0.2, 0.25) is 0 Å². The standard InChI is InChI=1S/C27H29N3O3S/c1-28-14-12-26-23(19-28)11-15-29(26)24-9-7-21(8-10-24)17-27(31)30(18-22-5-3-2-4-6-22)25-13-16-34(32,33)20-25/h2-11,13,15-16,25H,12,14,17-20H2,1H3. The SMILES string of the molecule is CN1CCc2c(ccn2-c2ccc(CC(=O)N(Cc3ccccc3)C3C=CS(=O)(=O)C3)cc2)C1. The number of rotatable bonds is 6. The highest BCUT2D eigenvalue weighted by Gasteiger charge is 2.30. The zero-order chi connectivity index (χ0) is 23.7. The van der Waals surface area contributed by atoms with Gasteiger partial charge in [0.1, 0.15) is 0 Å². The molecule has 1 amide bonds. The predicted molar refractivity (Wildman–Crippen MR) is 133 cm³/mol. The molecule has 0 saturated carbocycles. The van der Waals surface area contributed by atoms with Crippen LogP contribution in [-0.2, 0) is 40.6 Å². The van der Waals surface area contributed by atoms with Crippen LogP contribution in [0, 0.1) is 0 Å². The largest absolute Gasteiger partial charge is 0.331 e. The molecule has 2 aliphatic heterocycles. The summed E-state index contributed by atoms with van der Waals surface area (Å²) in [4.78, 5) is 17.3. The van der Waals surface area contributed by atoms with Gasteiger partial charge < -0.3 is 14.4 Å². The van der Waals surface area contributed by atoms with Gasteiger partial charge in [0.15, 0.2) is 9.84 Å². The molecule has 3 heterocycles. The van der Waals surface area contributed by atoms with Crippen molar-refractivity contribution in [2.75, 3.05) is 19.3 Å². The Labute approximate surface area is 201 Å². The summed E-state index contributed by atoms with van der Waals surface area (Å²) in [5.41, 5.74) is 5.70. The van der Waals surface area contributed by atoms with Crippen molar-refractivity contribution in [1.29, 1.82) is 0 Å². The third kappa shape index (κ3) is 4.86. The number of fused-ring (bicyclic) bond motifs is 1. The lowest BCUT2D eigenvalue weighted by Crippen LogP contribution is -2.41. The van der Waals surface area contributed by atoms with Crippen LogP contribution in [-0.4, -0.2) is 54.1 Å². The van der Waals surface area contributed by atoms with Crippen molar-refractivity contribution < 1.29 is 13.2 Å². The second-order valence-corrected chi connectivity index (χ2v) is 11.2. The average molecular weight is 476 g/mol. The summed E-state index contributed by atoms with van der Waals surface area (Å²) in [5, 5.41) is 1.23. The van der Waals surface area contributed by atoms with E-state index < -0.39 is 15.9 Å². The summed E-state index contributed by atoms with van der Waals surface area (Å²) in [6, 6.07) is 19.5. The molecule has 1 aromatic heterocycles. The fourth-order valence-corrected chi connectivity index (χ4v) is 6.11. The van der Waals surface area contributed by atoms with E-state index in [2.05, 4.69) is 40.9 Å². The lowest BCUT2D eigenvalue weighted by Gasteiger charge is -2.28. The third-order valence-electron chi connectivity index (χ3n) is 6.65. The molecule has 0 bridgehead atoms. The lowest BCUT2D eigenvalue weighted by atomic mass is 10.1. The van der Waals surface area contributed by atoms with Crippen LogP contribution in [0.1, 0.15) is 22.4 Å². The van der Waals surface area contributed by atoms with Crippen LogP contribution in [0.5, 0.6) is 0 Å². The molecule has 3 aromatic rings. The molecule has 7 heteroatoms. The number of sulfone groups is 1. The van der Waals surface area contributed by atoms with Crippen molar-refractivity contribution in [3.8, 4) is 5.69 Å². The van der Waals surface area contributed by atoms with Crippen molar-refractivity contribution in [1.82, 2.24) is 14.4 Å². The van der Waals surface area contributed by atoms with Crippen LogP contribution in [0.25, 0.3) is 5.69 Å². The highest BCUT2D eigenvalue weighted by atomic mass is 32.2. The van der Waals surface area contributed by atoms with Gasteiger partial charge in [0, 0.05) is 49.0 Å². The third-order valence-corrected chi connectivity index (χ3v) is 8.03. The first-order valence-electron chi connectivity index (χ1n) is 11.6. The molecular weight excluding hydrogens is 446 g/mol. The van der Waals surface area contributed by atoms with Crippen LogP contribution < -0.4 is 0 Å². The summed E-state index contributed by atoms with van der Waals surface area (Å²) in [5.74, 6) is -0.136. The van der Waals surface area contributed by atoms with Crippen LogP contribution in [0.3, 0.4) is 0 Å². The Bertz CT molecular complexity index is 1310. The molecule has 6 nitrogen and oxygen atoms in total. The fourth-order valence-electron chi connectivity index (χ4n) is 4.81. The van der Waals surface area contributed by atoms with Crippen molar-refractivity contribution >= 4 is 15.7 Å². The number of benzene rings is 2. The van der Waals surface area contributed by atoms with E-state index in [1.54, 1.807) is 11.0 Å². The zero-order valence-electron chi connectivity index (χ0n) is 19.3. The molecule has 0 fully saturated rings. The maximum atomic E-state index is 13.3. The maximum Gasteiger partial charge on any atom is 0.227 e. The molecular formula is C27H29N3O3S. The molecule has 1 unspecified atom stereocenters. The first kappa shape index (κ1) is 22.6. The minimum absolute atomic E-state index is 0.0571. The zero-order valence-corrected chi connectivity index (χ0v) is 20.1. The molecule has 0 radical (unpaired) electrons. The van der Waals surface area contributed by atoms with E-state index in [-0.39, 0.29) is 18.1 Å². The number of likely N-dealkylation sites (N-methyl/N-ethyl adjacent to an activating group) is 1. The number of carbonyl (C=O) groups excluding carboxylic acids is 1. The minimum Gasteiger partial charge on any atom is -0.331 e. The summed E-state index contributed by atoms with van der Waals surface area (Å²) in [7, 11) is -1.12. The molecule has 2 aliphatic rings. The quantitative estimate of drug-likeness (QED) is 0.549. The van der Waals surface area contributed by atoms with E-state index in [9.17, 15) is 13.2 Å². The van der Waals surface area contributed by atoms with Gasteiger partial charge in [0.05, 0.1) is 18.2 Å². The van der Waals surface area contributed by atoms with Gasteiger partial charge in [-0.05, 0) is 48.0 Å². The Morgan fingerprint density at radius 3 is 2.50 bits per heavy atom. The van der Waals surface area contributed by atoms with Gasteiger partial charge >= 0.3 is 0 Å². The van der Waals surface area contributed by atoms with Crippen molar-refractivity contribution in [3.05, 3.63) is 101 Å². The Hall–Kier alpha value is -3.16. The van der Waals surface area contributed by atoms with Gasteiger partial charge in [0.2, 0.25) is 5.91 Å². The normalized spacial score (nSPS) is 19.1. The first-order chi connectivity index (χ1) is 16.4. The molecule has 34 heavy (non-hydrogen) atoms. The smallest absolute Gasteiger partial charge is 0.227 e. The highest BCUT2D eigenvalue weighted by molar-refractivity contribution is 7.94. The number of hydrogen-bond donors (Lipinski definition) is 0. The second kappa shape index (κ2) is 9.24. The van der Waals surface area contributed by atoms with E-state index in [1.807, 2.05) is 42.5 Å². The summed E-state index contributed by atoms with van der Waals surface area (Å²) >= 11 is 0. The average Bonchev–Trinajstić information content (AvgIpc) is 3.41. The van der Waals surface area contributed by atoms with E-state index in [0.717, 1.165) is 36.3 Å². The molecule has 0 N–H and O–H groups in total. The monoisotopic (exact) mass is 475 g/mol. The van der Waals surface area contributed by atoms with Crippen molar-refractivity contribution in [2.45, 2.75) is 32.0 Å². The first-order valence-corrected chi connectivity index (χ1v) is 13.3. The van der Waals surface area contributed by atoms with E-state index in [4.69, 9.17) is 0 Å². The molecule has 2 aromatic carbocycles. The van der Waals surface area contributed by atoms with Gasteiger partial charge in [-0.1, -0.05) is 42.5 Å². The lowest BCUT2D eigenvalue weighted by molar-refractivity contribution is -0.132. The van der Waals surface area contributed by atoms with Crippen LogP contribution in [0.15, 0.2) is 78.3 Å². The Morgan fingerprint density at radius 1 is 1.03 bits per heavy atom. The van der Waals surface area contributed by atoms with E-state index >= 15 is 0 Å². The summed E-state index contributed by atoms with van der Waals surface area (Å²) in [6.45, 7) is 2.40.